The maximum Gasteiger partial charge on any atom is 0.229 e. The Kier molecular flexibility index (Phi) is 4.27. The van der Waals surface area contributed by atoms with Crippen LogP contribution in [0.5, 0.6) is 0 Å². The summed E-state index contributed by atoms with van der Waals surface area (Å²) in [7, 11) is 0. The van der Waals surface area contributed by atoms with Gasteiger partial charge >= 0.3 is 0 Å². The van der Waals surface area contributed by atoms with Gasteiger partial charge in [0, 0.05) is 17.9 Å². The van der Waals surface area contributed by atoms with E-state index in [1.807, 2.05) is 18.2 Å². The summed E-state index contributed by atoms with van der Waals surface area (Å²) in [6.45, 7) is 0.702. The van der Waals surface area contributed by atoms with E-state index in [1.54, 1.807) is 0 Å². The van der Waals surface area contributed by atoms with E-state index in [1.165, 1.54) is 18.2 Å². The van der Waals surface area contributed by atoms with Gasteiger partial charge in [0.05, 0.1) is 16.9 Å². The molecule has 4 rings (SSSR count). The van der Waals surface area contributed by atoms with E-state index in [-0.39, 0.29) is 16.8 Å². The number of hydrogen-bond acceptors (Lipinski definition) is 6. The number of rotatable bonds is 4. The molecule has 2 aromatic carbocycles. The van der Waals surface area contributed by atoms with Crippen LogP contribution in [0.3, 0.4) is 0 Å². The molecule has 3 aromatic rings. The molecule has 26 heavy (non-hydrogen) atoms. The van der Waals surface area contributed by atoms with Crippen molar-refractivity contribution in [3.8, 4) is 0 Å². The zero-order chi connectivity index (χ0) is 18.1. The lowest BCUT2D eigenvalue weighted by Crippen LogP contribution is -2.10. The van der Waals surface area contributed by atoms with Crippen molar-refractivity contribution < 1.29 is 8.78 Å². The van der Waals surface area contributed by atoms with Crippen LogP contribution in [0.25, 0.3) is 0 Å². The summed E-state index contributed by atoms with van der Waals surface area (Å²) in [6, 6.07) is 9.71. The van der Waals surface area contributed by atoms with Crippen LogP contribution in [0.4, 0.5) is 37.6 Å². The monoisotopic (exact) mass is 374 g/mol. The molecule has 9 heteroatoms. The third-order valence-electron chi connectivity index (χ3n) is 3.79. The van der Waals surface area contributed by atoms with E-state index in [4.69, 9.17) is 11.6 Å². The summed E-state index contributed by atoms with van der Waals surface area (Å²) < 4.78 is 27.3. The number of benzene rings is 2. The Morgan fingerprint density at radius 1 is 1.00 bits per heavy atom. The van der Waals surface area contributed by atoms with Crippen LogP contribution in [0.15, 0.2) is 42.6 Å². The van der Waals surface area contributed by atoms with Gasteiger partial charge in [-0.1, -0.05) is 11.6 Å². The summed E-state index contributed by atoms with van der Waals surface area (Å²) >= 11 is 5.74. The Labute approximate surface area is 152 Å². The lowest BCUT2D eigenvalue weighted by Gasteiger charge is -2.10. The van der Waals surface area contributed by atoms with Gasteiger partial charge < -0.3 is 16.1 Å². The predicted octanol–water partition coefficient (Wildman–Crippen LogP) is 4.33. The highest BCUT2D eigenvalue weighted by atomic mass is 35.5. The SMILES string of the molecule is Fc1ccc(Nc2nc(Nc3ccc4c(c3)CNN4)ncc2F)cc1Cl. The van der Waals surface area contributed by atoms with Gasteiger partial charge in [-0.25, -0.2) is 19.2 Å². The first-order valence-corrected chi connectivity index (χ1v) is 8.10. The van der Waals surface area contributed by atoms with Gasteiger partial charge in [-0.15, -0.1) is 0 Å². The maximum atomic E-state index is 14.0. The van der Waals surface area contributed by atoms with Crippen LogP contribution in [-0.4, -0.2) is 9.97 Å². The predicted molar refractivity (Wildman–Crippen MR) is 96.9 cm³/mol. The summed E-state index contributed by atoms with van der Waals surface area (Å²) in [5.41, 5.74) is 9.35. The molecule has 0 saturated carbocycles. The summed E-state index contributed by atoms with van der Waals surface area (Å²) in [5.74, 6) is -1.02. The Bertz CT molecular complexity index is 981. The normalized spacial score (nSPS) is 12.4. The molecule has 0 aliphatic carbocycles. The molecule has 1 aliphatic heterocycles. The maximum absolute atomic E-state index is 14.0. The Balaban J connectivity index is 1.56. The number of nitrogens with zero attached hydrogens (tertiary/aromatic N) is 2. The van der Waals surface area contributed by atoms with Gasteiger partial charge in [0.2, 0.25) is 5.95 Å². The molecule has 1 aliphatic rings. The molecule has 2 heterocycles. The number of aromatic nitrogens is 2. The van der Waals surface area contributed by atoms with Crippen molar-refractivity contribution in [3.63, 3.8) is 0 Å². The second-order valence-corrected chi connectivity index (χ2v) is 6.03. The van der Waals surface area contributed by atoms with Crippen LogP contribution in [0.2, 0.25) is 5.02 Å². The third-order valence-corrected chi connectivity index (χ3v) is 4.08. The molecule has 0 atom stereocenters. The van der Waals surface area contributed by atoms with Crippen molar-refractivity contribution in [2.75, 3.05) is 16.1 Å². The standard InChI is InChI=1S/C17H13ClF2N6/c18-12-6-11(1-3-13(12)19)23-16-14(20)8-21-17(25-16)24-10-2-4-15-9(5-10)7-22-26-15/h1-6,8,22,26H,7H2,(H2,21,23,24,25). The molecule has 132 valence electrons. The van der Waals surface area contributed by atoms with E-state index in [2.05, 4.69) is 31.5 Å². The molecule has 0 spiro atoms. The first-order chi connectivity index (χ1) is 12.6. The van der Waals surface area contributed by atoms with E-state index in [0.717, 1.165) is 23.1 Å². The van der Waals surface area contributed by atoms with Crippen molar-refractivity contribution in [2.45, 2.75) is 6.54 Å². The van der Waals surface area contributed by atoms with Crippen LogP contribution in [0.1, 0.15) is 5.56 Å². The Morgan fingerprint density at radius 3 is 2.65 bits per heavy atom. The average molecular weight is 375 g/mol. The van der Waals surface area contributed by atoms with Gasteiger partial charge in [-0.2, -0.15) is 4.98 Å². The third kappa shape index (κ3) is 3.37. The minimum Gasteiger partial charge on any atom is -0.338 e. The molecule has 0 amide bonds. The smallest absolute Gasteiger partial charge is 0.229 e. The van der Waals surface area contributed by atoms with Gasteiger partial charge in [0.1, 0.15) is 5.82 Å². The zero-order valence-corrected chi connectivity index (χ0v) is 14.0. The second-order valence-electron chi connectivity index (χ2n) is 5.62. The first-order valence-electron chi connectivity index (χ1n) is 7.72. The van der Waals surface area contributed by atoms with Crippen molar-refractivity contribution in [1.29, 1.82) is 0 Å². The van der Waals surface area contributed by atoms with Crippen LogP contribution in [0, 0.1) is 11.6 Å². The van der Waals surface area contributed by atoms with Gasteiger partial charge in [0.15, 0.2) is 11.6 Å². The highest BCUT2D eigenvalue weighted by Gasteiger charge is 2.12. The largest absolute Gasteiger partial charge is 0.338 e. The average Bonchev–Trinajstić information content (AvgIpc) is 3.09. The fourth-order valence-corrected chi connectivity index (χ4v) is 2.71. The van der Waals surface area contributed by atoms with E-state index >= 15 is 0 Å². The first kappa shape index (κ1) is 16.5. The highest BCUT2D eigenvalue weighted by Crippen LogP contribution is 2.26. The quantitative estimate of drug-likeness (QED) is 0.545. The molecule has 0 unspecified atom stereocenters. The summed E-state index contributed by atoms with van der Waals surface area (Å²) in [5, 5.41) is 5.74. The van der Waals surface area contributed by atoms with Gasteiger partial charge in [-0.05, 0) is 42.0 Å². The van der Waals surface area contributed by atoms with Crippen molar-refractivity contribution in [2.24, 2.45) is 0 Å². The molecule has 0 bridgehead atoms. The minimum atomic E-state index is -0.640. The lowest BCUT2D eigenvalue weighted by molar-refractivity contribution is 0.619. The van der Waals surface area contributed by atoms with Crippen LogP contribution >= 0.6 is 11.6 Å². The summed E-state index contributed by atoms with van der Waals surface area (Å²) in [4.78, 5) is 8.08. The molecule has 1 aromatic heterocycles. The molecule has 0 radical (unpaired) electrons. The number of hydrogen-bond donors (Lipinski definition) is 4. The Hall–Kier alpha value is -2.97. The summed E-state index contributed by atoms with van der Waals surface area (Å²) in [6.07, 6.45) is 1.05. The molecule has 4 N–H and O–H groups in total. The number of fused-ring (bicyclic) bond motifs is 1. The van der Waals surface area contributed by atoms with Crippen molar-refractivity contribution in [3.05, 3.63) is 64.8 Å². The van der Waals surface area contributed by atoms with E-state index in [9.17, 15) is 8.78 Å². The molecule has 0 saturated heterocycles. The molecule has 0 fully saturated rings. The molecule has 6 nitrogen and oxygen atoms in total. The number of nitrogens with one attached hydrogen (secondary N) is 4. The molecular formula is C17H13ClF2N6. The number of halogens is 3. The topological polar surface area (TPSA) is 73.9 Å². The number of anilines is 5. The highest BCUT2D eigenvalue weighted by molar-refractivity contribution is 6.31. The van der Waals surface area contributed by atoms with Crippen LogP contribution in [-0.2, 0) is 6.54 Å². The van der Waals surface area contributed by atoms with Crippen molar-refractivity contribution in [1.82, 2.24) is 15.4 Å². The van der Waals surface area contributed by atoms with E-state index in [0.29, 0.717) is 12.2 Å². The van der Waals surface area contributed by atoms with Crippen molar-refractivity contribution >= 4 is 40.4 Å². The fraction of sp³-hybridized carbons (Fsp3) is 0.0588. The lowest BCUT2D eigenvalue weighted by atomic mass is 10.2. The van der Waals surface area contributed by atoms with Gasteiger partial charge in [0.25, 0.3) is 0 Å². The Morgan fingerprint density at radius 2 is 1.81 bits per heavy atom. The second kappa shape index (κ2) is 6.74. The number of hydrazine groups is 1. The van der Waals surface area contributed by atoms with E-state index < -0.39 is 11.6 Å². The van der Waals surface area contributed by atoms with Crippen LogP contribution < -0.4 is 21.5 Å². The zero-order valence-electron chi connectivity index (χ0n) is 13.3. The van der Waals surface area contributed by atoms with Gasteiger partial charge in [-0.3, -0.25) is 0 Å². The minimum absolute atomic E-state index is 0.0466. The fourth-order valence-electron chi connectivity index (χ4n) is 2.53. The molecular weight excluding hydrogens is 362 g/mol.